The van der Waals surface area contributed by atoms with E-state index in [2.05, 4.69) is 15.9 Å². The summed E-state index contributed by atoms with van der Waals surface area (Å²) in [4.78, 5) is 4.62. The first-order valence-corrected chi connectivity index (χ1v) is 9.34. The molecular formula is C21H26N2O3. The molecule has 138 valence electrons. The van der Waals surface area contributed by atoms with Gasteiger partial charge in [0.1, 0.15) is 11.9 Å². The number of ether oxygens (including phenoxy) is 1. The summed E-state index contributed by atoms with van der Waals surface area (Å²) in [5.74, 6) is 0.856. The molecule has 2 aliphatic rings. The van der Waals surface area contributed by atoms with E-state index >= 15 is 0 Å². The van der Waals surface area contributed by atoms with Crippen LogP contribution in [0.3, 0.4) is 0 Å². The van der Waals surface area contributed by atoms with Crippen molar-refractivity contribution in [2.75, 3.05) is 39.3 Å². The Kier molecular flexibility index (Phi) is 5.22. The van der Waals surface area contributed by atoms with E-state index in [1.165, 1.54) is 0 Å². The fraction of sp³-hybridized carbons (Fsp3) is 0.429. The molecule has 5 heteroatoms. The lowest BCUT2D eigenvalue weighted by molar-refractivity contribution is -0.0592. The van der Waals surface area contributed by atoms with Gasteiger partial charge in [0.2, 0.25) is 0 Å². The maximum absolute atomic E-state index is 11.2. The molecule has 0 spiro atoms. The summed E-state index contributed by atoms with van der Waals surface area (Å²) in [6.07, 6.45) is -0.997. The van der Waals surface area contributed by atoms with Crippen molar-refractivity contribution in [2.24, 2.45) is 0 Å². The molecule has 0 bridgehead atoms. The zero-order valence-electron chi connectivity index (χ0n) is 14.9. The minimum atomic E-state index is -0.628. The Morgan fingerprint density at radius 2 is 1.62 bits per heavy atom. The second kappa shape index (κ2) is 7.76. The molecule has 3 atom stereocenters. The lowest BCUT2D eigenvalue weighted by Gasteiger charge is -2.45. The van der Waals surface area contributed by atoms with Crippen LogP contribution in [0.25, 0.3) is 0 Å². The monoisotopic (exact) mass is 354 g/mol. The van der Waals surface area contributed by atoms with Crippen molar-refractivity contribution < 1.29 is 14.9 Å². The Labute approximate surface area is 154 Å². The Morgan fingerprint density at radius 1 is 0.923 bits per heavy atom. The smallest absolute Gasteiger partial charge is 0.151 e. The van der Waals surface area contributed by atoms with E-state index in [-0.39, 0.29) is 18.8 Å². The van der Waals surface area contributed by atoms with Gasteiger partial charge in [-0.2, -0.15) is 0 Å². The van der Waals surface area contributed by atoms with Crippen LogP contribution >= 0.6 is 0 Å². The van der Waals surface area contributed by atoms with Crippen molar-refractivity contribution in [2.45, 2.75) is 18.2 Å². The average molecular weight is 354 g/mol. The molecule has 0 aromatic heterocycles. The van der Waals surface area contributed by atoms with E-state index in [9.17, 15) is 5.11 Å². The first-order chi connectivity index (χ1) is 12.8. The fourth-order valence-corrected chi connectivity index (χ4v) is 4.12. The highest BCUT2D eigenvalue weighted by atomic mass is 16.5. The van der Waals surface area contributed by atoms with Crippen LogP contribution in [0.1, 0.15) is 23.3 Å². The summed E-state index contributed by atoms with van der Waals surface area (Å²) in [6.45, 7) is 4.47. The second-order valence-electron chi connectivity index (χ2n) is 7.02. The molecule has 2 aromatic carbocycles. The molecule has 0 saturated carbocycles. The minimum Gasteiger partial charge on any atom is -0.483 e. The number of aliphatic hydroxyl groups excluding tert-OH is 2. The number of rotatable bonds is 4. The maximum Gasteiger partial charge on any atom is 0.151 e. The predicted molar refractivity (Wildman–Crippen MR) is 100 cm³/mol. The third-order valence-corrected chi connectivity index (χ3v) is 5.47. The van der Waals surface area contributed by atoms with Crippen LogP contribution in [0, 0.1) is 0 Å². The lowest BCUT2D eigenvalue weighted by Crippen LogP contribution is -2.52. The number of hydrogen-bond donors (Lipinski definition) is 2. The van der Waals surface area contributed by atoms with E-state index in [1.807, 2.05) is 48.5 Å². The molecule has 0 amide bonds. The van der Waals surface area contributed by atoms with Crippen LogP contribution in [-0.2, 0) is 0 Å². The number of nitrogens with zero attached hydrogens (tertiary/aromatic N) is 2. The number of piperazine rings is 1. The van der Waals surface area contributed by atoms with Crippen LogP contribution in [0.4, 0.5) is 0 Å². The summed E-state index contributed by atoms with van der Waals surface area (Å²) >= 11 is 0. The molecule has 2 aliphatic heterocycles. The fourth-order valence-electron chi connectivity index (χ4n) is 4.12. The Balaban J connectivity index is 1.62. The number of benzene rings is 2. The van der Waals surface area contributed by atoms with Crippen molar-refractivity contribution in [3.05, 3.63) is 65.7 Å². The van der Waals surface area contributed by atoms with Crippen LogP contribution in [0.5, 0.6) is 5.75 Å². The van der Waals surface area contributed by atoms with Gasteiger partial charge in [-0.1, -0.05) is 48.5 Å². The highest BCUT2D eigenvalue weighted by Crippen LogP contribution is 2.43. The van der Waals surface area contributed by atoms with E-state index in [0.717, 1.165) is 43.1 Å². The topological polar surface area (TPSA) is 56.2 Å². The van der Waals surface area contributed by atoms with E-state index in [4.69, 9.17) is 9.84 Å². The van der Waals surface area contributed by atoms with Gasteiger partial charge in [0.25, 0.3) is 0 Å². The number of hydrogen-bond acceptors (Lipinski definition) is 5. The summed E-state index contributed by atoms with van der Waals surface area (Å²) in [5, 5.41) is 20.4. The molecule has 4 rings (SSSR count). The first-order valence-electron chi connectivity index (χ1n) is 9.34. The van der Waals surface area contributed by atoms with E-state index in [0.29, 0.717) is 6.54 Å². The van der Waals surface area contributed by atoms with Crippen LogP contribution in [-0.4, -0.2) is 65.4 Å². The summed E-state index contributed by atoms with van der Waals surface area (Å²) in [7, 11) is 0. The largest absolute Gasteiger partial charge is 0.483 e. The third-order valence-electron chi connectivity index (χ3n) is 5.47. The maximum atomic E-state index is 11.2. The van der Waals surface area contributed by atoms with Gasteiger partial charge >= 0.3 is 0 Å². The molecule has 1 fully saturated rings. The van der Waals surface area contributed by atoms with Gasteiger partial charge in [-0.05, 0) is 11.6 Å². The Morgan fingerprint density at radius 3 is 2.35 bits per heavy atom. The number of para-hydroxylation sites is 1. The van der Waals surface area contributed by atoms with Gasteiger partial charge in [0, 0.05) is 38.3 Å². The molecular weight excluding hydrogens is 328 g/mol. The van der Waals surface area contributed by atoms with Crippen molar-refractivity contribution in [3.8, 4) is 5.75 Å². The van der Waals surface area contributed by atoms with Crippen molar-refractivity contribution in [1.29, 1.82) is 0 Å². The van der Waals surface area contributed by atoms with E-state index in [1.54, 1.807) is 0 Å². The zero-order valence-corrected chi connectivity index (χ0v) is 14.9. The molecule has 2 aromatic rings. The SMILES string of the molecule is OCCN1CCN(C2c3ccccc3OC(c3ccccc3)C2O)CC1. The second-order valence-corrected chi connectivity index (χ2v) is 7.02. The van der Waals surface area contributed by atoms with Gasteiger partial charge in [0.05, 0.1) is 12.6 Å². The van der Waals surface area contributed by atoms with Crippen molar-refractivity contribution in [1.82, 2.24) is 9.80 Å². The van der Waals surface area contributed by atoms with Crippen molar-refractivity contribution >= 4 is 0 Å². The predicted octanol–water partition coefficient (Wildman–Crippen LogP) is 1.83. The first kappa shape index (κ1) is 17.5. The third kappa shape index (κ3) is 3.35. The van der Waals surface area contributed by atoms with Gasteiger partial charge in [-0.15, -0.1) is 0 Å². The Hall–Kier alpha value is -1.92. The van der Waals surface area contributed by atoms with Crippen LogP contribution in [0.2, 0.25) is 0 Å². The summed E-state index contributed by atoms with van der Waals surface area (Å²) in [5.41, 5.74) is 2.06. The zero-order chi connectivity index (χ0) is 17.9. The molecule has 5 nitrogen and oxygen atoms in total. The summed E-state index contributed by atoms with van der Waals surface area (Å²) in [6, 6.07) is 17.9. The molecule has 26 heavy (non-hydrogen) atoms. The van der Waals surface area contributed by atoms with Gasteiger partial charge in [0.15, 0.2) is 6.10 Å². The molecule has 1 saturated heterocycles. The number of β-amino-alcohol motifs (C(OH)–C–C–N with tert-alkyl or cyclic N) is 1. The molecule has 0 radical (unpaired) electrons. The standard InChI is InChI=1S/C21H26N2O3/c24-15-14-22-10-12-23(13-11-22)19-17-8-4-5-9-18(17)26-21(20(19)25)16-6-2-1-3-7-16/h1-9,19-21,24-25H,10-15H2. The lowest BCUT2D eigenvalue weighted by atomic mass is 9.88. The van der Waals surface area contributed by atoms with E-state index < -0.39 is 6.10 Å². The minimum absolute atomic E-state index is 0.0820. The Bertz CT molecular complexity index is 716. The van der Waals surface area contributed by atoms with Gasteiger partial charge in [-0.3, -0.25) is 9.80 Å². The average Bonchev–Trinajstić information content (AvgIpc) is 2.69. The molecule has 2 heterocycles. The molecule has 2 N–H and O–H groups in total. The van der Waals surface area contributed by atoms with Gasteiger partial charge < -0.3 is 14.9 Å². The number of fused-ring (bicyclic) bond motifs is 1. The van der Waals surface area contributed by atoms with Gasteiger partial charge in [-0.25, -0.2) is 0 Å². The summed E-state index contributed by atoms with van der Waals surface area (Å²) < 4.78 is 6.19. The molecule has 0 aliphatic carbocycles. The van der Waals surface area contributed by atoms with Crippen molar-refractivity contribution in [3.63, 3.8) is 0 Å². The highest BCUT2D eigenvalue weighted by Gasteiger charge is 2.41. The van der Waals surface area contributed by atoms with Crippen LogP contribution in [0.15, 0.2) is 54.6 Å². The highest BCUT2D eigenvalue weighted by molar-refractivity contribution is 5.41. The van der Waals surface area contributed by atoms with Crippen LogP contribution < -0.4 is 4.74 Å². The quantitative estimate of drug-likeness (QED) is 0.877. The number of aliphatic hydroxyl groups is 2. The molecule has 3 unspecified atom stereocenters. The normalized spacial score (nSPS) is 26.9.